The first-order valence-corrected chi connectivity index (χ1v) is 8.52. The molecule has 2 rings (SSSR count). The zero-order valence-corrected chi connectivity index (χ0v) is 15.4. The zero-order valence-electron chi connectivity index (χ0n) is 15.4. The van der Waals surface area contributed by atoms with Crippen LogP contribution in [0.15, 0.2) is 0 Å². The van der Waals surface area contributed by atoms with Crippen LogP contribution in [-0.2, 0) is 16.8 Å². The second-order valence-electron chi connectivity index (χ2n) is 8.55. The van der Waals surface area contributed by atoms with Gasteiger partial charge >= 0.3 is 0 Å². The number of carbonyl (C=O) groups excluding carboxylic acids is 1. The van der Waals surface area contributed by atoms with Gasteiger partial charge in [0, 0.05) is 30.0 Å². The monoisotopic (exact) mass is 321 g/mol. The van der Waals surface area contributed by atoms with Crippen molar-refractivity contribution in [2.45, 2.75) is 72.4 Å². The fourth-order valence-electron chi connectivity index (χ4n) is 2.71. The molecular formula is C17H31N5O. The summed E-state index contributed by atoms with van der Waals surface area (Å²) >= 11 is 0. The number of carbonyl (C=O) groups is 1. The van der Waals surface area contributed by atoms with Gasteiger partial charge in [0.15, 0.2) is 5.82 Å². The van der Waals surface area contributed by atoms with E-state index in [2.05, 4.69) is 41.3 Å². The average Bonchev–Trinajstić information content (AvgIpc) is 2.93. The number of amides is 1. The third-order valence-electron chi connectivity index (χ3n) is 4.18. The summed E-state index contributed by atoms with van der Waals surface area (Å²) in [6.07, 6.45) is 1.98. The highest BCUT2D eigenvalue weighted by molar-refractivity contribution is 5.81. The summed E-state index contributed by atoms with van der Waals surface area (Å²) in [5.41, 5.74) is -0.323. The van der Waals surface area contributed by atoms with Crippen LogP contribution in [0.4, 0.5) is 0 Å². The molecule has 0 aromatic carbocycles. The highest BCUT2D eigenvalue weighted by Gasteiger charge is 2.30. The van der Waals surface area contributed by atoms with E-state index in [-0.39, 0.29) is 16.7 Å². The SMILES string of the molecule is CC(C)(C)C(=O)N1CCC(NCc2nc(C(C)(C)C)n[nH]2)CC1. The van der Waals surface area contributed by atoms with Gasteiger partial charge in [-0.1, -0.05) is 41.5 Å². The van der Waals surface area contributed by atoms with Crippen LogP contribution in [0.5, 0.6) is 0 Å². The maximum absolute atomic E-state index is 12.3. The van der Waals surface area contributed by atoms with Crippen molar-refractivity contribution in [3.05, 3.63) is 11.6 Å². The van der Waals surface area contributed by atoms with E-state index in [1.807, 2.05) is 25.7 Å². The van der Waals surface area contributed by atoms with Crippen molar-refractivity contribution in [1.29, 1.82) is 0 Å². The molecule has 1 saturated heterocycles. The summed E-state index contributed by atoms with van der Waals surface area (Å²) < 4.78 is 0. The van der Waals surface area contributed by atoms with Gasteiger partial charge in [-0.05, 0) is 12.8 Å². The number of piperidine rings is 1. The van der Waals surface area contributed by atoms with Crippen molar-refractivity contribution in [2.75, 3.05) is 13.1 Å². The molecule has 1 fully saturated rings. The van der Waals surface area contributed by atoms with Gasteiger partial charge in [0.2, 0.25) is 5.91 Å². The van der Waals surface area contributed by atoms with E-state index in [0.29, 0.717) is 12.6 Å². The lowest BCUT2D eigenvalue weighted by molar-refractivity contribution is -0.140. The third-order valence-corrected chi connectivity index (χ3v) is 4.18. The summed E-state index contributed by atoms with van der Waals surface area (Å²) in [5.74, 6) is 1.98. The number of rotatable bonds is 3. The molecule has 0 bridgehead atoms. The molecule has 23 heavy (non-hydrogen) atoms. The Morgan fingerprint density at radius 2 is 1.83 bits per heavy atom. The normalized spacial score (nSPS) is 17.6. The second kappa shape index (κ2) is 6.59. The first-order valence-electron chi connectivity index (χ1n) is 8.52. The minimum Gasteiger partial charge on any atom is -0.342 e. The highest BCUT2D eigenvalue weighted by Crippen LogP contribution is 2.21. The van der Waals surface area contributed by atoms with Crippen LogP contribution in [0.2, 0.25) is 0 Å². The zero-order chi connectivity index (χ0) is 17.3. The van der Waals surface area contributed by atoms with Crippen LogP contribution < -0.4 is 5.32 Å². The molecule has 1 aromatic rings. The van der Waals surface area contributed by atoms with Crippen molar-refractivity contribution < 1.29 is 4.79 Å². The fourth-order valence-corrected chi connectivity index (χ4v) is 2.71. The van der Waals surface area contributed by atoms with Gasteiger partial charge < -0.3 is 10.2 Å². The molecular weight excluding hydrogens is 290 g/mol. The van der Waals surface area contributed by atoms with Crippen molar-refractivity contribution in [3.8, 4) is 0 Å². The molecule has 1 amide bonds. The Balaban J connectivity index is 1.79. The molecule has 0 atom stereocenters. The van der Waals surface area contributed by atoms with Crippen molar-refractivity contribution in [2.24, 2.45) is 5.41 Å². The first kappa shape index (κ1) is 17.9. The summed E-state index contributed by atoms with van der Waals surface area (Å²) in [5, 5.41) is 10.8. The Hall–Kier alpha value is -1.43. The number of hydrogen-bond acceptors (Lipinski definition) is 4. The molecule has 1 aliphatic heterocycles. The Bertz CT molecular complexity index is 530. The van der Waals surface area contributed by atoms with Crippen LogP contribution in [0.25, 0.3) is 0 Å². The van der Waals surface area contributed by atoms with E-state index in [1.165, 1.54) is 0 Å². The molecule has 2 heterocycles. The summed E-state index contributed by atoms with van der Waals surface area (Å²) in [6.45, 7) is 14.6. The standard InChI is InChI=1S/C17H31N5O/c1-16(2,3)14-19-13(20-21-14)11-18-12-7-9-22(10-8-12)15(23)17(4,5)6/h12,18H,7-11H2,1-6H3,(H,19,20,21). The van der Waals surface area contributed by atoms with Crippen LogP contribution in [-0.4, -0.2) is 45.1 Å². The molecule has 6 nitrogen and oxygen atoms in total. The molecule has 0 saturated carbocycles. The predicted octanol–water partition coefficient (Wildman–Crippen LogP) is 2.23. The molecule has 6 heteroatoms. The molecule has 130 valence electrons. The summed E-state index contributed by atoms with van der Waals surface area (Å²) in [6, 6.07) is 0.433. The number of nitrogens with one attached hydrogen (secondary N) is 2. The second-order valence-corrected chi connectivity index (χ2v) is 8.55. The van der Waals surface area contributed by atoms with Gasteiger partial charge in [0.1, 0.15) is 5.82 Å². The molecule has 0 unspecified atom stereocenters. The quantitative estimate of drug-likeness (QED) is 0.895. The number of H-pyrrole nitrogens is 1. The Kier molecular flexibility index (Phi) is 5.14. The minimum atomic E-state index is -0.288. The van der Waals surface area contributed by atoms with E-state index < -0.39 is 0 Å². The highest BCUT2D eigenvalue weighted by atomic mass is 16.2. The average molecular weight is 321 g/mol. The minimum absolute atomic E-state index is 0.0343. The Morgan fingerprint density at radius 3 is 2.30 bits per heavy atom. The molecule has 2 N–H and O–H groups in total. The number of aromatic nitrogens is 3. The van der Waals surface area contributed by atoms with E-state index in [4.69, 9.17) is 0 Å². The molecule has 0 radical (unpaired) electrons. The smallest absolute Gasteiger partial charge is 0.227 e. The number of likely N-dealkylation sites (tertiary alicyclic amines) is 1. The van der Waals surface area contributed by atoms with Crippen LogP contribution in [0.1, 0.15) is 66.0 Å². The molecule has 0 aliphatic carbocycles. The van der Waals surface area contributed by atoms with Crippen molar-refractivity contribution >= 4 is 5.91 Å². The van der Waals surface area contributed by atoms with E-state index in [9.17, 15) is 4.79 Å². The van der Waals surface area contributed by atoms with Crippen molar-refractivity contribution in [1.82, 2.24) is 25.4 Å². The molecule has 1 aliphatic rings. The lowest BCUT2D eigenvalue weighted by Gasteiger charge is -2.36. The van der Waals surface area contributed by atoms with Gasteiger partial charge in [-0.3, -0.25) is 9.89 Å². The Morgan fingerprint density at radius 1 is 1.22 bits per heavy atom. The maximum Gasteiger partial charge on any atom is 0.227 e. The van der Waals surface area contributed by atoms with Gasteiger partial charge in [-0.15, -0.1) is 0 Å². The topological polar surface area (TPSA) is 73.9 Å². The third kappa shape index (κ3) is 4.77. The van der Waals surface area contributed by atoms with Gasteiger partial charge in [-0.2, -0.15) is 5.10 Å². The van der Waals surface area contributed by atoms with E-state index in [0.717, 1.165) is 37.6 Å². The van der Waals surface area contributed by atoms with E-state index >= 15 is 0 Å². The summed E-state index contributed by atoms with van der Waals surface area (Å²) in [7, 11) is 0. The molecule has 0 spiro atoms. The number of nitrogens with zero attached hydrogens (tertiary/aromatic N) is 3. The number of hydrogen-bond donors (Lipinski definition) is 2. The Labute approximate surface area is 139 Å². The fraction of sp³-hybridized carbons (Fsp3) is 0.824. The van der Waals surface area contributed by atoms with Crippen molar-refractivity contribution in [3.63, 3.8) is 0 Å². The first-order chi connectivity index (χ1) is 10.6. The van der Waals surface area contributed by atoms with Gasteiger partial charge in [0.25, 0.3) is 0 Å². The largest absolute Gasteiger partial charge is 0.342 e. The summed E-state index contributed by atoms with van der Waals surface area (Å²) in [4.78, 5) is 18.8. The van der Waals surface area contributed by atoms with Gasteiger partial charge in [0.05, 0.1) is 6.54 Å². The van der Waals surface area contributed by atoms with Crippen LogP contribution in [0.3, 0.4) is 0 Å². The van der Waals surface area contributed by atoms with E-state index in [1.54, 1.807) is 0 Å². The lowest BCUT2D eigenvalue weighted by atomic mass is 9.93. The van der Waals surface area contributed by atoms with Crippen LogP contribution in [0, 0.1) is 5.41 Å². The molecule has 1 aromatic heterocycles. The number of aromatic amines is 1. The predicted molar refractivity (Wildman–Crippen MR) is 91.0 cm³/mol. The van der Waals surface area contributed by atoms with Crippen LogP contribution >= 0.6 is 0 Å². The van der Waals surface area contributed by atoms with Gasteiger partial charge in [-0.25, -0.2) is 4.98 Å². The maximum atomic E-state index is 12.3. The lowest BCUT2D eigenvalue weighted by Crippen LogP contribution is -2.48.